The lowest BCUT2D eigenvalue weighted by atomic mass is 10.3. The van der Waals surface area contributed by atoms with E-state index in [1.165, 1.54) is 18.5 Å². The highest BCUT2D eigenvalue weighted by atomic mass is 32.1. The molecule has 88 valence electrons. The van der Waals surface area contributed by atoms with Gasteiger partial charge in [0.2, 0.25) is 4.96 Å². The van der Waals surface area contributed by atoms with Crippen molar-refractivity contribution in [2.45, 2.75) is 19.7 Å². The minimum Gasteiger partial charge on any atom is -0.377 e. The lowest BCUT2D eigenvalue weighted by molar-refractivity contribution is -0.141. The molecule has 0 aliphatic heterocycles. The second kappa shape index (κ2) is 3.70. The quantitative estimate of drug-likeness (QED) is 0.821. The Balaban J connectivity index is 2.51. The zero-order valence-corrected chi connectivity index (χ0v) is 9.32. The van der Waals surface area contributed by atoms with E-state index in [2.05, 4.69) is 10.1 Å². The number of hydrogen-bond acceptors (Lipinski definition) is 4. The van der Waals surface area contributed by atoms with E-state index in [9.17, 15) is 13.2 Å². The van der Waals surface area contributed by atoms with Crippen LogP contribution >= 0.6 is 11.3 Å². The number of methoxy groups -OCH3 is 1. The largest absolute Gasteiger partial charge is 0.435 e. The molecule has 2 rings (SSSR count). The van der Waals surface area contributed by atoms with Gasteiger partial charge in [-0.05, 0) is 6.92 Å². The molecule has 0 aliphatic carbocycles. The Hall–Kier alpha value is -1.15. The first-order valence-corrected chi connectivity index (χ1v) is 5.16. The molecule has 0 bridgehead atoms. The number of fused-ring (bicyclic) bond motifs is 1. The van der Waals surface area contributed by atoms with Gasteiger partial charge < -0.3 is 4.74 Å². The molecule has 0 amide bonds. The molecule has 2 heterocycles. The molecule has 8 heteroatoms. The highest BCUT2D eigenvalue weighted by Crippen LogP contribution is 2.32. The molecule has 0 aliphatic rings. The Morgan fingerprint density at radius 3 is 2.62 bits per heavy atom. The van der Waals surface area contributed by atoms with Crippen molar-refractivity contribution >= 4 is 16.3 Å². The molecule has 0 N–H and O–H groups in total. The van der Waals surface area contributed by atoms with E-state index in [4.69, 9.17) is 4.74 Å². The van der Waals surface area contributed by atoms with Gasteiger partial charge in [-0.15, -0.1) is 0 Å². The van der Waals surface area contributed by atoms with Gasteiger partial charge in [-0.1, -0.05) is 11.3 Å². The van der Waals surface area contributed by atoms with Gasteiger partial charge in [-0.25, -0.2) is 9.50 Å². The van der Waals surface area contributed by atoms with Crippen LogP contribution in [0.4, 0.5) is 13.2 Å². The van der Waals surface area contributed by atoms with Crippen LogP contribution in [0.3, 0.4) is 0 Å². The number of imidazole rings is 1. The van der Waals surface area contributed by atoms with Crippen LogP contribution in [0.5, 0.6) is 0 Å². The van der Waals surface area contributed by atoms with Gasteiger partial charge in [0.15, 0.2) is 5.69 Å². The Morgan fingerprint density at radius 2 is 2.12 bits per heavy atom. The molecule has 0 atom stereocenters. The Labute approximate surface area is 92.7 Å². The average molecular weight is 251 g/mol. The normalized spacial score (nSPS) is 12.6. The summed E-state index contributed by atoms with van der Waals surface area (Å²) < 4.78 is 43.5. The Morgan fingerprint density at radius 1 is 1.44 bits per heavy atom. The van der Waals surface area contributed by atoms with Gasteiger partial charge in [0.05, 0.1) is 12.3 Å². The van der Waals surface area contributed by atoms with Gasteiger partial charge >= 0.3 is 6.18 Å². The standard InChI is InChI=1S/C8H8F3N3OS/c1-4-6(8(9,10)11)12-7-14(4)13-5(16-7)3-15-2/h3H2,1-2H3. The van der Waals surface area contributed by atoms with Crippen LogP contribution in [0.2, 0.25) is 0 Å². The molecule has 0 radical (unpaired) electrons. The summed E-state index contributed by atoms with van der Waals surface area (Å²) in [5.74, 6) is 0. The van der Waals surface area contributed by atoms with E-state index < -0.39 is 11.9 Å². The first-order chi connectivity index (χ1) is 7.43. The number of halogens is 3. The zero-order chi connectivity index (χ0) is 11.9. The summed E-state index contributed by atoms with van der Waals surface area (Å²) in [5, 5.41) is 4.58. The molecular formula is C8H8F3N3OS. The highest BCUT2D eigenvalue weighted by Gasteiger charge is 2.37. The summed E-state index contributed by atoms with van der Waals surface area (Å²) in [6.45, 7) is 1.62. The molecular weight excluding hydrogens is 243 g/mol. The van der Waals surface area contributed by atoms with E-state index in [1.807, 2.05) is 0 Å². The zero-order valence-electron chi connectivity index (χ0n) is 8.50. The molecule has 0 saturated heterocycles. The Kier molecular flexibility index (Phi) is 2.62. The van der Waals surface area contributed by atoms with Gasteiger partial charge in [-0.3, -0.25) is 0 Å². The van der Waals surface area contributed by atoms with Crippen molar-refractivity contribution in [2.24, 2.45) is 0 Å². The van der Waals surface area contributed by atoms with Crippen LogP contribution in [-0.2, 0) is 17.5 Å². The number of aryl methyl sites for hydroxylation is 1. The number of nitrogens with zero attached hydrogens (tertiary/aromatic N) is 3. The van der Waals surface area contributed by atoms with Crippen molar-refractivity contribution < 1.29 is 17.9 Å². The molecule has 2 aromatic rings. The molecule has 0 spiro atoms. The Bertz CT molecular complexity index is 516. The maximum Gasteiger partial charge on any atom is 0.435 e. The lowest BCUT2D eigenvalue weighted by Gasteiger charge is -2.02. The average Bonchev–Trinajstić information content (AvgIpc) is 2.66. The minimum atomic E-state index is -4.43. The highest BCUT2D eigenvalue weighted by molar-refractivity contribution is 7.16. The number of hydrogen-bond donors (Lipinski definition) is 0. The second-order valence-electron chi connectivity index (χ2n) is 3.17. The SMILES string of the molecule is COCc1nn2c(C)c(C(F)(F)F)nc2s1. The van der Waals surface area contributed by atoms with Gasteiger partial charge in [0.1, 0.15) is 5.01 Å². The van der Waals surface area contributed by atoms with Crippen LogP contribution < -0.4 is 0 Å². The van der Waals surface area contributed by atoms with Crippen molar-refractivity contribution in [2.75, 3.05) is 7.11 Å². The summed E-state index contributed by atoms with van der Waals surface area (Å²) in [4.78, 5) is 3.76. The van der Waals surface area contributed by atoms with Crippen molar-refractivity contribution in [3.63, 3.8) is 0 Å². The summed E-state index contributed by atoms with van der Waals surface area (Å²) in [5.41, 5.74) is -0.878. The van der Waals surface area contributed by atoms with E-state index in [0.717, 1.165) is 11.3 Å². The summed E-state index contributed by atoms with van der Waals surface area (Å²) in [6, 6.07) is 0. The van der Waals surface area contributed by atoms with Gasteiger partial charge in [0.25, 0.3) is 0 Å². The number of alkyl halides is 3. The summed E-state index contributed by atoms with van der Waals surface area (Å²) in [7, 11) is 1.50. The number of aromatic nitrogens is 3. The van der Waals surface area contributed by atoms with Crippen molar-refractivity contribution in [3.8, 4) is 0 Å². The molecule has 0 saturated carbocycles. The molecule has 0 fully saturated rings. The first kappa shape index (κ1) is 11.3. The minimum absolute atomic E-state index is 0.00102. The number of ether oxygens (including phenoxy) is 1. The van der Waals surface area contributed by atoms with Gasteiger partial charge in [-0.2, -0.15) is 18.3 Å². The van der Waals surface area contributed by atoms with E-state index in [-0.39, 0.29) is 17.3 Å². The third-order valence-electron chi connectivity index (χ3n) is 2.01. The van der Waals surface area contributed by atoms with Crippen LogP contribution in [-0.4, -0.2) is 21.7 Å². The molecule has 16 heavy (non-hydrogen) atoms. The van der Waals surface area contributed by atoms with Crippen molar-refractivity contribution in [1.29, 1.82) is 0 Å². The molecule has 0 unspecified atom stereocenters. The third-order valence-corrected chi connectivity index (χ3v) is 2.89. The maximum atomic E-state index is 12.5. The predicted octanol–water partition coefficient (Wildman–Crippen LogP) is 2.26. The third kappa shape index (κ3) is 1.78. The molecule has 2 aromatic heterocycles. The van der Waals surface area contributed by atoms with E-state index in [1.54, 1.807) is 0 Å². The van der Waals surface area contributed by atoms with Crippen molar-refractivity contribution in [3.05, 3.63) is 16.4 Å². The van der Waals surface area contributed by atoms with Crippen LogP contribution in [0.15, 0.2) is 0 Å². The van der Waals surface area contributed by atoms with Crippen LogP contribution in [0, 0.1) is 6.92 Å². The summed E-state index contributed by atoms with van der Waals surface area (Å²) >= 11 is 1.09. The van der Waals surface area contributed by atoms with E-state index in [0.29, 0.717) is 5.01 Å². The fourth-order valence-corrected chi connectivity index (χ4v) is 2.25. The fourth-order valence-electron chi connectivity index (χ4n) is 1.34. The second-order valence-corrected chi connectivity index (χ2v) is 4.21. The van der Waals surface area contributed by atoms with Crippen LogP contribution in [0.1, 0.15) is 16.4 Å². The maximum absolute atomic E-state index is 12.5. The topological polar surface area (TPSA) is 39.4 Å². The van der Waals surface area contributed by atoms with Crippen LogP contribution in [0.25, 0.3) is 4.96 Å². The molecule has 0 aromatic carbocycles. The smallest absolute Gasteiger partial charge is 0.377 e. The van der Waals surface area contributed by atoms with Crippen molar-refractivity contribution in [1.82, 2.24) is 14.6 Å². The lowest BCUT2D eigenvalue weighted by Crippen LogP contribution is -2.08. The predicted molar refractivity (Wildman–Crippen MR) is 51.3 cm³/mol. The number of rotatable bonds is 2. The fraction of sp³-hybridized carbons (Fsp3) is 0.500. The summed E-state index contributed by atoms with van der Waals surface area (Å²) in [6.07, 6.45) is -4.43. The van der Waals surface area contributed by atoms with E-state index >= 15 is 0 Å². The monoisotopic (exact) mass is 251 g/mol. The van der Waals surface area contributed by atoms with Gasteiger partial charge in [0, 0.05) is 7.11 Å². The molecule has 4 nitrogen and oxygen atoms in total. The first-order valence-electron chi connectivity index (χ1n) is 4.34.